The van der Waals surface area contributed by atoms with Crippen LogP contribution in [0.4, 0.5) is 5.69 Å². The summed E-state index contributed by atoms with van der Waals surface area (Å²) in [5.41, 5.74) is 4.70. The minimum Gasteiger partial charge on any atom is -0.458 e. The summed E-state index contributed by atoms with van der Waals surface area (Å²) in [7, 11) is 0. The number of amides is 2. The molecule has 3 aromatic carbocycles. The largest absolute Gasteiger partial charge is 0.458 e. The lowest BCUT2D eigenvalue weighted by Crippen LogP contribution is -2.56. The second-order valence-corrected chi connectivity index (χ2v) is 15.3. The van der Waals surface area contributed by atoms with E-state index in [0.717, 1.165) is 41.5 Å². The zero-order chi connectivity index (χ0) is 29.6. The average molecular weight is 691 g/mol. The molecule has 0 radical (unpaired) electrons. The number of hydrogen-bond acceptors (Lipinski definition) is 4. The summed E-state index contributed by atoms with van der Waals surface area (Å²) in [5.74, 6) is -1.05. The van der Waals surface area contributed by atoms with Crippen LogP contribution in [0.1, 0.15) is 72.6 Å². The molecule has 0 N–H and O–H groups in total. The number of halogens is 2. The SMILES string of the molecule is CC(C)[C@H]1CC[C@@H](C)C[C@@H]1OC(=O)c1cccc(N2C(=O)[C@@H]3[C@H](C2=O)C2(Br)c4ccccc4C3(Br)c3ccccc32)c1. The fourth-order valence-corrected chi connectivity index (χ4v) is 10.5. The second-order valence-electron chi connectivity index (χ2n) is 12.8. The Bertz CT molecular complexity index is 1510. The molecule has 42 heavy (non-hydrogen) atoms. The van der Waals surface area contributed by atoms with Crippen LogP contribution in [-0.2, 0) is 23.0 Å². The first kappa shape index (κ1) is 28.0. The van der Waals surface area contributed by atoms with E-state index in [1.807, 2.05) is 48.5 Å². The van der Waals surface area contributed by atoms with Gasteiger partial charge in [-0.3, -0.25) is 9.59 Å². The zero-order valence-electron chi connectivity index (χ0n) is 23.8. The summed E-state index contributed by atoms with van der Waals surface area (Å²) >= 11 is 8.10. The Morgan fingerprint density at radius 2 is 1.36 bits per heavy atom. The van der Waals surface area contributed by atoms with Crippen molar-refractivity contribution in [3.05, 3.63) is 101 Å². The third kappa shape index (κ3) is 3.75. The van der Waals surface area contributed by atoms with Crippen LogP contribution in [0.2, 0.25) is 0 Å². The topological polar surface area (TPSA) is 63.7 Å². The van der Waals surface area contributed by atoms with Crippen LogP contribution in [0.15, 0.2) is 72.8 Å². The van der Waals surface area contributed by atoms with Crippen molar-refractivity contribution in [1.29, 1.82) is 0 Å². The Balaban J connectivity index is 1.26. The number of imide groups is 1. The van der Waals surface area contributed by atoms with Gasteiger partial charge in [0.25, 0.3) is 0 Å². The Morgan fingerprint density at radius 1 is 0.833 bits per heavy atom. The maximum absolute atomic E-state index is 14.4. The fraction of sp³-hybridized carbons (Fsp3) is 0.400. The summed E-state index contributed by atoms with van der Waals surface area (Å²) in [4.78, 5) is 43.5. The highest BCUT2D eigenvalue weighted by molar-refractivity contribution is 9.10. The first-order valence-corrected chi connectivity index (χ1v) is 16.4. The van der Waals surface area contributed by atoms with Gasteiger partial charge in [-0.15, -0.1) is 0 Å². The number of carbonyl (C=O) groups is 3. The molecule has 5 atom stereocenters. The van der Waals surface area contributed by atoms with Crippen LogP contribution in [0.3, 0.4) is 0 Å². The van der Waals surface area contributed by atoms with E-state index in [9.17, 15) is 14.4 Å². The minimum absolute atomic E-state index is 0.142. The van der Waals surface area contributed by atoms with E-state index >= 15 is 0 Å². The number of alkyl halides is 2. The van der Waals surface area contributed by atoms with Gasteiger partial charge in [0.05, 0.1) is 31.7 Å². The highest BCUT2D eigenvalue weighted by Gasteiger charge is 2.72. The molecular formula is C35H33Br2NO4. The van der Waals surface area contributed by atoms with Crippen molar-refractivity contribution in [3.8, 4) is 0 Å². The Kier molecular flexibility index (Phi) is 6.59. The summed E-state index contributed by atoms with van der Waals surface area (Å²) in [5, 5.41) is 0. The van der Waals surface area contributed by atoms with Gasteiger partial charge in [0.1, 0.15) is 6.10 Å². The van der Waals surface area contributed by atoms with Crippen LogP contribution in [0, 0.1) is 29.6 Å². The molecule has 0 unspecified atom stereocenters. The lowest BCUT2D eigenvalue weighted by atomic mass is 9.54. The molecular weight excluding hydrogens is 658 g/mol. The van der Waals surface area contributed by atoms with E-state index in [0.29, 0.717) is 29.0 Å². The molecule has 0 aromatic heterocycles. The molecule has 1 heterocycles. The molecule has 8 rings (SSSR count). The number of esters is 1. The molecule has 1 aliphatic heterocycles. The molecule has 7 heteroatoms. The van der Waals surface area contributed by atoms with Gasteiger partial charge in [-0.2, -0.15) is 0 Å². The molecule has 2 amide bonds. The lowest BCUT2D eigenvalue weighted by molar-refractivity contribution is -0.122. The monoisotopic (exact) mass is 689 g/mol. The van der Waals surface area contributed by atoms with E-state index in [1.54, 1.807) is 24.3 Å². The van der Waals surface area contributed by atoms with Crippen molar-refractivity contribution in [2.24, 2.45) is 29.6 Å². The van der Waals surface area contributed by atoms with E-state index in [2.05, 4.69) is 52.6 Å². The molecule has 216 valence electrons. The molecule has 1 saturated heterocycles. The van der Waals surface area contributed by atoms with E-state index in [1.165, 1.54) is 4.90 Å². The summed E-state index contributed by atoms with van der Waals surface area (Å²) < 4.78 is 4.39. The van der Waals surface area contributed by atoms with Gasteiger partial charge >= 0.3 is 5.97 Å². The number of anilines is 1. The molecule has 5 nitrogen and oxygen atoms in total. The normalized spacial score (nSPS) is 32.9. The van der Waals surface area contributed by atoms with E-state index < -0.39 is 26.5 Å². The van der Waals surface area contributed by atoms with Crippen molar-refractivity contribution in [2.75, 3.05) is 4.90 Å². The quantitative estimate of drug-likeness (QED) is 0.160. The van der Waals surface area contributed by atoms with Gasteiger partial charge in [0, 0.05) is 0 Å². The third-order valence-electron chi connectivity index (χ3n) is 10.1. The minimum atomic E-state index is -0.859. The molecule has 5 aliphatic rings. The maximum atomic E-state index is 14.4. The van der Waals surface area contributed by atoms with Gasteiger partial charge in [-0.25, -0.2) is 9.69 Å². The van der Waals surface area contributed by atoms with Gasteiger partial charge in [0.2, 0.25) is 11.8 Å². The highest BCUT2D eigenvalue weighted by atomic mass is 79.9. The maximum Gasteiger partial charge on any atom is 0.338 e. The number of nitrogens with zero attached hydrogens (tertiary/aromatic N) is 1. The van der Waals surface area contributed by atoms with Crippen LogP contribution < -0.4 is 4.90 Å². The van der Waals surface area contributed by atoms with Gasteiger partial charge in [0.15, 0.2) is 0 Å². The number of rotatable bonds is 4. The lowest BCUT2D eigenvalue weighted by Gasteiger charge is -2.55. The Labute approximate surface area is 263 Å². The number of ether oxygens (including phenoxy) is 1. The van der Waals surface area contributed by atoms with Gasteiger partial charge < -0.3 is 4.74 Å². The van der Waals surface area contributed by atoms with E-state index in [4.69, 9.17) is 4.74 Å². The van der Waals surface area contributed by atoms with Crippen molar-refractivity contribution in [3.63, 3.8) is 0 Å². The number of benzene rings is 3. The molecule has 4 aliphatic carbocycles. The van der Waals surface area contributed by atoms with Crippen LogP contribution in [-0.4, -0.2) is 23.9 Å². The van der Waals surface area contributed by atoms with Gasteiger partial charge in [-0.05, 0) is 71.0 Å². The van der Waals surface area contributed by atoms with Crippen molar-refractivity contribution >= 4 is 55.3 Å². The molecule has 2 bridgehead atoms. The molecule has 0 spiro atoms. The molecule has 1 saturated carbocycles. The standard InChI is InChI=1S/C35H33Br2NO4/c1-19(2)23-16-15-20(3)17-28(23)42-33(41)21-9-8-10-22(18-21)38-31(39)29-30(32(38)40)35(37)25-12-5-4-11-24(25)34(29,36)26-13-6-7-14-27(26)35/h4-14,18-20,23,28-30H,15-17H2,1-3H3/t20-,23-,28+,29-,30+,34?,35?/m1/s1. The van der Waals surface area contributed by atoms with Crippen LogP contribution in [0.5, 0.6) is 0 Å². The molecule has 2 fully saturated rings. The third-order valence-corrected chi connectivity index (χ3v) is 12.8. The Morgan fingerprint density at radius 3 is 1.86 bits per heavy atom. The number of carbonyl (C=O) groups excluding carboxylic acids is 3. The summed E-state index contributed by atoms with van der Waals surface area (Å²) in [6, 6.07) is 22.9. The van der Waals surface area contributed by atoms with Crippen molar-refractivity contribution in [2.45, 2.75) is 54.8 Å². The van der Waals surface area contributed by atoms with Crippen molar-refractivity contribution in [1.82, 2.24) is 0 Å². The van der Waals surface area contributed by atoms with E-state index in [-0.39, 0.29) is 17.9 Å². The fourth-order valence-electron chi connectivity index (χ4n) is 8.15. The first-order valence-electron chi connectivity index (χ1n) is 14.8. The predicted octanol–water partition coefficient (Wildman–Crippen LogP) is 7.71. The average Bonchev–Trinajstić information content (AvgIpc) is 3.26. The summed E-state index contributed by atoms with van der Waals surface area (Å²) in [6.45, 7) is 6.57. The predicted molar refractivity (Wildman–Crippen MR) is 169 cm³/mol. The van der Waals surface area contributed by atoms with Crippen molar-refractivity contribution < 1.29 is 19.1 Å². The van der Waals surface area contributed by atoms with Crippen LogP contribution in [0.25, 0.3) is 0 Å². The smallest absolute Gasteiger partial charge is 0.338 e. The number of hydrogen-bond donors (Lipinski definition) is 0. The van der Waals surface area contributed by atoms with Crippen LogP contribution >= 0.6 is 31.9 Å². The molecule has 3 aromatic rings. The first-order chi connectivity index (χ1) is 20.1. The highest BCUT2D eigenvalue weighted by Crippen LogP contribution is 2.70. The summed E-state index contributed by atoms with van der Waals surface area (Å²) in [6.07, 6.45) is 2.90. The zero-order valence-corrected chi connectivity index (χ0v) is 27.0. The Hall–Kier alpha value is -2.77. The second kappa shape index (κ2) is 9.88. The van der Waals surface area contributed by atoms with Gasteiger partial charge in [-0.1, -0.05) is 114 Å².